The minimum absolute atomic E-state index is 0.0828. The summed E-state index contributed by atoms with van der Waals surface area (Å²) in [7, 11) is -4.93. The van der Waals surface area contributed by atoms with Crippen LogP contribution in [-0.4, -0.2) is 64.8 Å². The molecule has 11 nitrogen and oxygen atoms in total. The van der Waals surface area contributed by atoms with E-state index >= 15 is 0 Å². The number of hydrogen-bond donors (Lipinski definition) is 4. The number of nitrogens with two attached hydrogens (primary N) is 2. The Balaban J connectivity index is 2.37. The first-order valence-electron chi connectivity index (χ1n) is 5.80. The first kappa shape index (κ1) is 15.7. The zero-order valence-corrected chi connectivity index (χ0v) is 11.4. The Morgan fingerprint density at radius 2 is 2.19 bits per heavy atom. The quantitative estimate of drug-likeness (QED) is 0.240. The van der Waals surface area contributed by atoms with Gasteiger partial charge in [-0.25, -0.2) is 4.79 Å². The van der Waals surface area contributed by atoms with Crippen LogP contribution in [0.5, 0.6) is 0 Å². The van der Waals surface area contributed by atoms with Gasteiger partial charge in [-0.15, -0.1) is 4.28 Å². The summed E-state index contributed by atoms with van der Waals surface area (Å²) in [5.41, 5.74) is 10.7. The first-order chi connectivity index (χ1) is 9.60. The van der Waals surface area contributed by atoms with Crippen molar-refractivity contribution in [2.45, 2.75) is 24.7 Å². The molecule has 118 valence electrons. The lowest BCUT2D eigenvalue weighted by Crippen LogP contribution is -2.47. The van der Waals surface area contributed by atoms with Gasteiger partial charge in [0.2, 0.25) is 5.91 Å². The van der Waals surface area contributed by atoms with Crippen LogP contribution in [-0.2, 0) is 19.5 Å². The SMILES string of the molecule is NC(=O)[C@@H]1C=C(CC(N)O)[C@@H]2CN1C(=O)N2OS(=O)(=O)O. The van der Waals surface area contributed by atoms with E-state index in [1.165, 1.54) is 6.08 Å². The maximum atomic E-state index is 12.0. The fourth-order valence-electron chi connectivity index (χ4n) is 2.37. The molecule has 21 heavy (non-hydrogen) atoms. The highest BCUT2D eigenvalue weighted by molar-refractivity contribution is 7.80. The van der Waals surface area contributed by atoms with E-state index in [1.807, 2.05) is 0 Å². The van der Waals surface area contributed by atoms with Gasteiger partial charge in [-0.05, 0) is 5.57 Å². The number of amides is 3. The lowest BCUT2D eigenvalue weighted by atomic mass is 9.96. The molecule has 1 unspecified atom stereocenters. The van der Waals surface area contributed by atoms with E-state index < -0.39 is 40.6 Å². The van der Waals surface area contributed by atoms with Crippen molar-refractivity contribution < 1.29 is 31.9 Å². The number of urea groups is 1. The summed E-state index contributed by atoms with van der Waals surface area (Å²) in [6, 6.07) is -2.97. The van der Waals surface area contributed by atoms with Gasteiger partial charge in [0, 0.05) is 6.42 Å². The molecule has 0 spiro atoms. The lowest BCUT2D eigenvalue weighted by molar-refractivity contribution is -0.120. The van der Waals surface area contributed by atoms with Crippen LogP contribution in [0.2, 0.25) is 0 Å². The van der Waals surface area contributed by atoms with Crippen LogP contribution in [0.4, 0.5) is 4.79 Å². The van der Waals surface area contributed by atoms with Gasteiger partial charge in [0.05, 0.1) is 6.54 Å². The number of aliphatic hydroxyl groups excluding tert-OH is 1. The number of rotatable bonds is 5. The molecule has 0 radical (unpaired) electrons. The van der Waals surface area contributed by atoms with Gasteiger partial charge in [-0.2, -0.15) is 13.5 Å². The highest BCUT2D eigenvalue weighted by atomic mass is 32.3. The van der Waals surface area contributed by atoms with Crippen LogP contribution in [0.15, 0.2) is 11.6 Å². The molecule has 3 amide bonds. The molecule has 0 aliphatic carbocycles. The van der Waals surface area contributed by atoms with E-state index in [0.29, 0.717) is 10.6 Å². The van der Waals surface area contributed by atoms with Crippen molar-refractivity contribution >= 4 is 22.3 Å². The molecule has 12 heteroatoms. The van der Waals surface area contributed by atoms with E-state index in [4.69, 9.17) is 16.0 Å². The molecule has 2 aliphatic rings. The second kappa shape index (κ2) is 5.23. The van der Waals surface area contributed by atoms with Crippen LogP contribution in [0.25, 0.3) is 0 Å². The Labute approximate surface area is 119 Å². The van der Waals surface area contributed by atoms with Crippen LogP contribution in [0.1, 0.15) is 6.42 Å². The van der Waals surface area contributed by atoms with Crippen LogP contribution in [0, 0.1) is 0 Å². The second-order valence-corrected chi connectivity index (χ2v) is 5.64. The summed E-state index contributed by atoms with van der Waals surface area (Å²) in [5, 5.41) is 9.65. The molecule has 6 N–H and O–H groups in total. The number of carbonyl (C=O) groups excluding carboxylic acids is 2. The zero-order chi connectivity index (χ0) is 15.9. The zero-order valence-electron chi connectivity index (χ0n) is 10.6. The van der Waals surface area contributed by atoms with E-state index in [2.05, 4.69) is 4.28 Å². The van der Waals surface area contributed by atoms with Crippen LogP contribution >= 0.6 is 0 Å². The molecular formula is C9H14N4O7S. The van der Waals surface area contributed by atoms with Crippen molar-refractivity contribution in [1.82, 2.24) is 9.96 Å². The number of hydrogen-bond acceptors (Lipinski definition) is 7. The van der Waals surface area contributed by atoms with E-state index in [-0.39, 0.29) is 13.0 Å². The van der Waals surface area contributed by atoms with Crippen molar-refractivity contribution in [3.05, 3.63) is 11.6 Å². The standard InChI is InChI=1S/C9H14N4O7S/c10-7(14)2-4-1-5(8(11)15)12-3-6(4)13(9(12)16)20-21(17,18)19/h1,5-7,14H,2-3,10H2,(H2,11,15)(H,17,18,19)/t5-,6-,7?/m0/s1. The molecule has 1 saturated heterocycles. The van der Waals surface area contributed by atoms with Gasteiger partial charge >= 0.3 is 16.4 Å². The topological polar surface area (TPSA) is 176 Å². The number of aliphatic hydroxyl groups is 1. The molecular weight excluding hydrogens is 308 g/mol. The van der Waals surface area contributed by atoms with Gasteiger partial charge in [0.1, 0.15) is 18.3 Å². The average Bonchev–Trinajstić information content (AvgIpc) is 2.56. The minimum atomic E-state index is -4.93. The first-order valence-corrected chi connectivity index (χ1v) is 7.17. The lowest BCUT2D eigenvalue weighted by Gasteiger charge is -2.28. The van der Waals surface area contributed by atoms with Gasteiger partial charge in [-0.1, -0.05) is 6.08 Å². The van der Waals surface area contributed by atoms with Crippen LogP contribution < -0.4 is 11.5 Å². The van der Waals surface area contributed by atoms with Crippen LogP contribution in [0.3, 0.4) is 0 Å². The number of hydroxylamine groups is 2. The molecule has 2 aliphatic heterocycles. The molecule has 0 aromatic heterocycles. The number of carbonyl (C=O) groups is 2. The highest BCUT2D eigenvalue weighted by Gasteiger charge is 2.49. The fourth-order valence-corrected chi connectivity index (χ4v) is 2.74. The smallest absolute Gasteiger partial charge is 0.379 e. The third-order valence-electron chi connectivity index (χ3n) is 3.13. The molecule has 0 aromatic rings. The van der Waals surface area contributed by atoms with Crippen molar-refractivity contribution in [2.24, 2.45) is 11.5 Å². The molecule has 0 aromatic carbocycles. The Bertz CT molecular complexity index is 601. The summed E-state index contributed by atoms with van der Waals surface area (Å²) in [6.07, 6.45) is -0.0849. The van der Waals surface area contributed by atoms with Gasteiger partial charge < -0.3 is 21.5 Å². The highest BCUT2D eigenvalue weighted by Crippen LogP contribution is 2.32. The largest absolute Gasteiger partial charge is 0.418 e. The Hall–Kier alpha value is -1.73. The fraction of sp³-hybridized carbons (Fsp3) is 0.556. The third kappa shape index (κ3) is 3.14. The predicted molar refractivity (Wildman–Crippen MR) is 66.2 cm³/mol. The maximum absolute atomic E-state index is 12.0. The number of primary amides is 1. The van der Waals surface area contributed by atoms with Crippen molar-refractivity contribution in [3.8, 4) is 0 Å². The molecule has 2 heterocycles. The van der Waals surface area contributed by atoms with Crippen molar-refractivity contribution in [2.75, 3.05) is 6.54 Å². The summed E-state index contributed by atoms with van der Waals surface area (Å²) >= 11 is 0. The molecule has 0 saturated carbocycles. The predicted octanol–water partition coefficient (Wildman–Crippen LogP) is -2.71. The van der Waals surface area contributed by atoms with E-state index in [0.717, 1.165) is 4.90 Å². The normalized spacial score (nSPS) is 26.8. The van der Waals surface area contributed by atoms with Gasteiger partial charge in [0.15, 0.2) is 0 Å². The van der Waals surface area contributed by atoms with Gasteiger partial charge in [-0.3, -0.25) is 9.35 Å². The summed E-state index contributed by atoms with van der Waals surface area (Å²) in [4.78, 5) is 24.4. The van der Waals surface area contributed by atoms with Crippen molar-refractivity contribution in [3.63, 3.8) is 0 Å². The van der Waals surface area contributed by atoms with E-state index in [1.54, 1.807) is 0 Å². The summed E-state index contributed by atoms with van der Waals surface area (Å²) < 4.78 is 34.5. The summed E-state index contributed by atoms with van der Waals surface area (Å²) in [5.74, 6) is -0.834. The Morgan fingerprint density at radius 3 is 2.67 bits per heavy atom. The Morgan fingerprint density at radius 1 is 1.57 bits per heavy atom. The monoisotopic (exact) mass is 322 g/mol. The Kier molecular flexibility index (Phi) is 3.90. The molecule has 2 bridgehead atoms. The molecule has 3 atom stereocenters. The number of fused-ring (bicyclic) bond motifs is 2. The van der Waals surface area contributed by atoms with E-state index in [9.17, 15) is 23.1 Å². The van der Waals surface area contributed by atoms with Crippen molar-refractivity contribution in [1.29, 1.82) is 0 Å². The maximum Gasteiger partial charge on any atom is 0.418 e. The van der Waals surface area contributed by atoms with Gasteiger partial charge in [0.25, 0.3) is 0 Å². The second-order valence-electron chi connectivity index (χ2n) is 4.64. The average molecular weight is 322 g/mol. The molecule has 2 rings (SSSR count). The summed E-state index contributed by atoms with van der Waals surface area (Å²) in [6.45, 7) is -0.0828. The third-order valence-corrected chi connectivity index (χ3v) is 3.48. The molecule has 1 fully saturated rings. The minimum Gasteiger partial charge on any atom is -0.379 e. The number of nitrogens with zero attached hydrogens (tertiary/aromatic N) is 2.